The van der Waals surface area contributed by atoms with Crippen LogP contribution < -0.4 is 16.0 Å². The highest BCUT2D eigenvalue weighted by Gasteiger charge is 2.29. The highest BCUT2D eigenvalue weighted by atomic mass is 79.9. The van der Waals surface area contributed by atoms with E-state index in [1.807, 2.05) is 12.1 Å². The minimum atomic E-state index is -0.560. The largest absolute Gasteiger partial charge is 0.378 e. The van der Waals surface area contributed by atoms with Crippen molar-refractivity contribution in [2.24, 2.45) is 5.73 Å². The number of hydrogen-bond donors (Lipinski definition) is 2. The fourth-order valence-electron chi connectivity index (χ4n) is 2.34. The number of halogens is 1. The van der Waals surface area contributed by atoms with Crippen molar-refractivity contribution in [3.05, 3.63) is 22.2 Å². The van der Waals surface area contributed by atoms with Crippen molar-refractivity contribution in [3.8, 4) is 0 Å². The first-order valence-electron chi connectivity index (χ1n) is 5.89. The summed E-state index contributed by atoms with van der Waals surface area (Å²) < 4.78 is 6.31. The number of carbonyl (C=O) groups is 1. The molecule has 1 unspecified atom stereocenters. The Bertz CT molecular complexity index is 500. The lowest BCUT2D eigenvalue weighted by Gasteiger charge is -2.30. The summed E-state index contributed by atoms with van der Waals surface area (Å²) in [5.74, 6) is -0.143. The Morgan fingerprint density at radius 3 is 2.83 bits per heavy atom. The molecule has 1 fully saturated rings. The number of nitrogens with two attached hydrogens (primary N) is 1. The van der Waals surface area contributed by atoms with Crippen molar-refractivity contribution in [2.45, 2.75) is 6.04 Å². The smallest absolute Gasteiger partial charge is 0.245 e. The van der Waals surface area contributed by atoms with Gasteiger partial charge in [-0.25, -0.2) is 0 Å². The zero-order valence-electron chi connectivity index (χ0n) is 9.78. The number of rotatable bonds is 1. The zero-order chi connectivity index (χ0) is 12.7. The second-order valence-electron chi connectivity index (χ2n) is 4.46. The average Bonchev–Trinajstić information content (AvgIpc) is 2.66. The second kappa shape index (κ2) is 4.53. The lowest BCUT2D eigenvalue weighted by Crippen LogP contribution is -2.36. The molecule has 3 rings (SSSR count). The Morgan fingerprint density at radius 2 is 2.11 bits per heavy atom. The Labute approximate surface area is 113 Å². The number of hydrogen-bond acceptors (Lipinski definition) is 4. The van der Waals surface area contributed by atoms with Crippen LogP contribution in [0.25, 0.3) is 0 Å². The van der Waals surface area contributed by atoms with Crippen molar-refractivity contribution in [1.82, 2.24) is 0 Å². The molecule has 3 N–H and O–H groups in total. The number of amides is 1. The third-order valence-corrected chi connectivity index (χ3v) is 3.98. The molecule has 1 saturated heterocycles. The molecule has 0 saturated carbocycles. The van der Waals surface area contributed by atoms with Crippen molar-refractivity contribution in [2.75, 3.05) is 36.5 Å². The molecular weight excluding hydrogens is 298 g/mol. The number of fused-ring (bicyclic) bond motifs is 1. The summed E-state index contributed by atoms with van der Waals surface area (Å²) in [7, 11) is 0. The van der Waals surface area contributed by atoms with E-state index in [2.05, 4.69) is 26.1 Å². The van der Waals surface area contributed by atoms with Gasteiger partial charge in [0.1, 0.15) is 6.04 Å². The van der Waals surface area contributed by atoms with E-state index in [0.717, 1.165) is 47.7 Å². The average molecular weight is 312 g/mol. The summed E-state index contributed by atoms with van der Waals surface area (Å²) in [6.07, 6.45) is 0. The number of carbonyl (C=O) groups excluding carboxylic acids is 1. The quantitative estimate of drug-likeness (QED) is 0.819. The summed E-state index contributed by atoms with van der Waals surface area (Å²) in [5.41, 5.74) is 8.56. The van der Waals surface area contributed by atoms with E-state index in [1.54, 1.807) is 0 Å². The van der Waals surface area contributed by atoms with E-state index in [-0.39, 0.29) is 5.91 Å². The number of nitrogens with zero attached hydrogens (tertiary/aromatic N) is 1. The Hall–Kier alpha value is -1.11. The third-order valence-electron chi connectivity index (χ3n) is 3.35. The number of ether oxygens (including phenoxy) is 1. The van der Waals surface area contributed by atoms with Crippen LogP contribution in [0.3, 0.4) is 0 Å². The molecule has 1 aromatic carbocycles. The molecule has 2 aliphatic rings. The maximum absolute atomic E-state index is 11.5. The van der Waals surface area contributed by atoms with Gasteiger partial charge < -0.3 is 20.7 Å². The van der Waals surface area contributed by atoms with Gasteiger partial charge in [0.05, 0.1) is 18.9 Å². The van der Waals surface area contributed by atoms with Crippen LogP contribution in [-0.4, -0.2) is 32.2 Å². The highest BCUT2D eigenvalue weighted by molar-refractivity contribution is 9.10. The van der Waals surface area contributed by atoms with Crippen LogP contribution in [0.2, 0.25) is 0 Å². The molecule has 5 nitrogen and oxygen atoms in total. The van der Waals surface area contributed by atoms with Crippen molar-refractivity contribution in [3.63, 3.8) is 0 Å². The Morgan fingerprint density at radius 1 is 1.39 bits per heavy atom. The third kappa shape index (κ3) is 1.90. The standard InChI is InChI=1S/C12H14BrN3O2/c13-8-5-7-9(15-12(17)11(7)14)6-10(8)16-1-3-18-4-2-16/h5-6,11H,1-4,14H2,(H,15,17). The van der Waals surface area contributed by atoms with Gasteiger partial charge in [-0.2, -0.15) is 0 Å². The zero-order valence-corrected chi connectivity index (χ0v) is 11.4. The van der Waals surface area contributed by atoms with Crippen LogP contribution in [0.5, 0.6) is 0 Å². The molecule has 1 amide bonds. The molecule has 1 aromatic rings. The van der Waals surface area contributed by atoms with Crippen LogP contribution in [0.15, 0.2) is 16.6 Å². The van der Waals surface area contributed by atoms with Gasteiger partial charge in [-0.05, 0) is 28.1 Å². The highest BCUT2D eigenvalue weighted by Crippen LogP contribution is 2.38. The summed E-state index contributed by atoms with van der Waals surface area (Å²) in [6.45, 7) is 3.18. The monoisotopic (exact) mass is 311 g/mol. The SMILES string of the molecule is NC1C(=O)Nc2cc(N3CCOCC3)c(Br)cc21. The molecule has 2 heterocycles. The minimum Gasteiger partial charge on any atom is -0.378 e. The predicted octanol–water partition coefficient (Wildman–Crippen LogP) is 1.24. The maximum Gasteiger partial charge on any atom is 0.245 e. The van der Waals surface area contributed by atoms with Crippen LogP contribution in [0.1, 0.15) is 11.6 Å². The first-order valence-corrected chi connectivity index (χ1v) is 6.68. The summed E-state index contributed by atoms with van der Waals surface area (Å²) in [5, 5.41) is 2.81. The summed E-state index contributed by atoms with van der Waals surface area (Å²) in [4.78, 5) is 13.8. The number of morpholine rings is 1. The first kappa shape index (κ1) is 12.0. The molecular formula is C12H14BrN3O2. The normalized spacial score (nSPS) is 22.9. The molecule has 0 bridgehead atoms. The van der Waals surface area contributed by atoms with E-state index < -0.39 is 6.04 Å². The topological polar surface area (TPSA) is 67.6 Å². The van der Waals surface area contributed by atoms with Gasteiger partial charge >= 0.3 is 0 Å². The van der Waals surface area contributed by atoms with Gasteiger partial charge in [0, 0.05) is 28.8 Å². The van der Waals surface area contributed by atoms with Crippen LogP contribution >= 0.6 is 15.9 Å². The van der Waals surface area contributed by atoms with Crippen LogP contribution in [-0.2, 0) is 9.53 Å². The minimum absolute atomic E-state index is 0.143. The van der Waals surface area contributed by atoms with Crippen molar-refractivity contribution in [1.29, 1.82) is 0 Å². The van der Waals surface area contributed by atoms with Gasteiger partial charge in [0.15, 0.2) is 0 Å². The molecule has 18 heavy (non-hydrogen) atoms. The lowest BCUT2D eigenvalue weighted by atomic mass is 10.1. The van der Waals surface area contributed by atoms with E-state index in [4.69, 9.17) is 10.5 Å². The first-order chi connectivity index (χ1) is 8.66. The molecule has 1 atom stereocenters. The summed E-state index contributed by atoms with van der Waals surface area (Å²) in [6, 6.07) is 3.35. The molecule has 0 radical (unpaired) electrons. The van der Waals surface area contributed by atoms with Crippen molar-refractivity contribution >= 4 is 33.2 Å². The molecule has 0 spiro atoms. The number of anilines is 2. The van der Waals surface area contributed by atoms with Gasteiger partial charge in [-0.15, -0.1) is 0 Å². The van der Waals surface area contributed by atoms with Crippen molar-refractivity contribution < 1.29 is 9.53 Å². The number of nitrogens with one attached hydrogen (secondary N) is 1. The predicted molar refractivity (Wildman–Crippen MR) is 72.7 cm³/mol. The van der Waals surface area contributed by atoms with Crippen LogP contribution in [0.4, 0.5) is 11.4 Å². The molecule has 2 aliphatic heterocycles. The summed E-state index contributed by atoms with van der Waals surface area (Å²) >= 11 is 3.56. The molecule has 0 aromatic heterocycles. The Balaban J connectivity index is 1.97. The van der Waals surface area contributed by atoms with E-state index in [9.17, 15) is 4.79 Å². The van der Waals surface area contributed by atoms with Gasteiger partial charge in [-0.3, -0.25) is 4.79 Å². The molecule has 96 valence electrons. The van der Waals surface area contributed by atoms with Crippen LogP contribution in [0, 0.1) is 0 Å². The van der Waals surface area contributed by atoms with Gasteiger partial charge in [0.25, 0.3) is 0 Å². The number of benzene rings is 1. The molecule has 6 heteroatoms. The van der Waals surface area contributed by atoms with E-state index >= 15 is 0 Å². The molecule has 0 aliphatic carbocycles. The van der Waals surface area contributed by atoms with Gasteiger partial charge in [0.2, 0.25) is 5.91 Å². The second-order valence-corrected chi connectivity index (χ2v) is 5.31. The van der Waals surface area contributed by atoms with Gasteiger partial charge in [-0.1, -0.05) is 0 Å². The fraction of sp³-hybridized carbons (Fsp3) is 0.417. The van der Waals surface area contributed by atoms with E-state index in [0.29, 0.717) is 0 Å². The maximum atomic E-state index is 11.5. The fourth-order valence-corrected chi connectivity index (χ4v) is 2.95. The van der Waals surface area contributed by atoms with E-state index in [1.165, 1.54) is 0 Å². The Kier molecular flexibility index (Phi) is 3.01. The lowest BCUT2D eigenvalue weighted by molar-refractivity contribution is -0.116.